The Morgan fingerprint density at radius 3 is 2.68 bits per heavy atom. The first-order valence-corrected chi connectivity index (χ1v) is 9.51. The first-order chi connectivity index (χ1) is 13.3. The van der Waals surface area contributed by atoms with E-state index in [1.165, 1.54) is 5.56 Å². The number of pyridine rings is 1. The zero-order valence-electron chi connectivity index (χ0n) is 16.6. The summed E-state index contributed by atoms with van der Waals surface area (Å²) < 4.78 is 0. The van der Waals surface area contributed by atoms with Gasteiger partial charge in [0.2, 0.25) is 0 Å². The number of aromatic nitrogens is 3. The van der Waals surface area contributed by atoms with Gasteiger partial charge in [0.05, 0.1) is 22.2 Å². The van der Waals surface area contributed by atoms with Crippen LogP contribution < -0.4 is 16.6 Å². The molecule has 28 heavy (non-hydrogen) atoms. The number of rotatable bonds is 4. The Bertz CT molecular complexity index is 1250. The minimum absolute atomic E-state index is 0.249. The zero-order chi connectivity index (χ0) is 20.0. The number of nitrogen functional groups attached to an aromatic ring is 1. The van der Waals surface area contributed by atoms with E-state index in [9.17, 15) is 4.79 Å². The Kier molecular flexibility index (Phi) is 4.34. The highest BCUT2D eigenvalue weighted by molar-refractivity contribution is 5.99. The van der Waals surface area contributed by atoms with Crippen molar-refractivity contribution in [3.05, 3.63) is 51.8 Å². The third kappa shape index (κ3) is 3.01. The number of anilines is 2. The number of hydrogen-bond donors (Lipinski definition) is 4. The van der Waals surface area contributed by atoms with Gasteiger partial charge in [0.15, 0.2) is 0 Å². The second-order valence-electron chi connectivity index (χ2n) is 7.76. The van der Waals surface area contributed by atoms with Gasteiger partial charge in [-0.2, -0.15) is 0 Å². The third-order valence-corrected chi connectivity index (χ3v) is 5.20. The van der Waals surface area contributed by atoms with Crippen molar-refractivity contribution in [3.63, 3.8) is 0 Å². The number of nitrogens with two attached hydrogens (primary N) is 1. The van der Waals surface area contributed by atoms with Gasteiger partial charge in [-0.1, -0.05) is 19.9 Å². The lowest BCUT2D eigenvalue weighted by Gasteiger charge is -2.12. The van der Waals surface area contributed by atoms with Gasteiger partial charge in [0.1, 0.15) is 11.4 Å². The van der Waals surface area contributed by atoms with Crippen molar-refractivity contribution < 1.29 is 0 Å². The number of aromatic amines is 2. The highest BCUT2D eigenvalue weighted by atomic mass is 16.1. The van der Waals surface area contributed by atoms with E-state index in [1.54, 1.807) is 0 Å². The number of fused-ring (bicyclic) bond motifs is 2. The molecule has 0 atom stereocenters. The van der Waals surface area contributed by atoms with Crippen molar-refractivity contribution in [2.75, 3.05) is 17.6 Å². The minimum atomic E-state index is -0.249. The normalized spacial score (nSPS) is 11.6. The van der Waals surface area contributed by atoms with Gasteiger partial charge in [-0.15, -0.1) is 0 Å². The lowest BCUT2D eigenvalue weighted by atomic mass is 10.1. The topological polar surface area (TPSA) is 99.6 Å². The van der Waals surface area contributed by atoms with Crippen molar-refractivity contribution in [2.45, 2.75) is 27.7 Å². The Morgan fingerprint density at radius 2 is 1.93 bits per heavy atom. The second kappa shape index (κ2) is 6.71. The molecule has 0 spiro atoms. The molecule has 0 bridgehead atoms. The van der Waals surface area contributed by atoms with Crippen LogP contribution in [0.3, 0.4) is 0 Å². The molecule has 6 nitrogen and oxygen atoms in total. The molecule has 4 rings (SSSR count). The van der Waals surface area contributed by atoms with Crippen LogP contribution in [0.4, 0.5) is 11.4 Å². The largest absolute Gasteiger partial charge is 0.397 e. The molecule has 6 heteroatoms. The highest BCUT2D eigenvalue weighted by Crippen LogP contribution is 2.31. The summed E-state index contributed by atoms with van der Waals surface area (Å²) in [7, 11) is 0. The maximum Gasteiger partial charge on any atom is 0.261 e. The average molecular weight is 375 g/mol. The van der Waals surface area contributed by atoms with E-state index in [-0.39, 0.29) is 5.56 Å². The fourth-order valence-electron chi connectivity index (χ4n) is 3.42. The maximum absolute atomic E-state index is 12.8. The van der Waals surface area contributed by atoms with E-state index >= 15 is 0 Å². The van der Waals surface area contributed by atoms with E-state index in [0.717, 1.165) is 34.2 Å². The Hall–Kier alpha value is -3.28. The summed E-state index contributed by atoms with van der Waals surface area (Å²) in [5.41, 5.74) is 12.7. The van der Waals surface area contributed by atoms with Gasteiger partial charge >= 0.3 is 0 Å². The van der Waals surface area contributed by atoms with Crippen LogP contribution in [0.5, 0.6) is 0 Å². The molecule has 0 fully saturated rings. The van der Waals surface area contributed by atoms with E-state index in [0.29, 0.717) is 28.5 Å². The monoisotopic (exact) mass is 375 g/mol. The molecule has 4 aromatic rings. The number of H-pyrrole nitrogens is 2. The first-order valence-electron chi connectivity index (χ1n) is 9.51. The quantitative estimate of drug-likeness (QED) is 0.426. The van der Waals surface area contributed by atoms with E-state index < -0.39 is 0 Å². The van der Waals surface area contributed by atoms with Gasteiger partial charge in [-0.25, -0.2) is 4.98 Å². The molecule has 0 unspecified atom stereocenters. The molecule has 0 aliphatic rings. The minimum Gasteiger partial charge on any atom is -0.397 e. The van der Waals surface area contributed by atoms with E-state index in [1.807, 2.05) is 37.3 Å². The molecule has 0 saturated carbocycles. The average Bonchev–Trinajstić information content (AvgIpc) is 3.08. The molecule has 2 heterocycles. The van der Waals surface area contributed by atoms with Crippen molar-refractivity contribution in [1.29, 1.82) is 0 Å². The predicted octanol–water partition coefficient (Wildman–Crippen LogP) is 4.34. The van der Waals surface area contributed by atoms with Crippen LogP contribution in [0, 0.1) is 19.8 Å². The van der Waals surface area contributed by atoms with Crippen LogP contribution in [-0.4, -0.2) is 21.5 Å². The standard InChI is InChI=1S/C22H25N5O/c1-11(2)10-24-14-6-8-16-15(9-14)19(23)18(22(28)26-16)21-25-17-7-5-12(3)13(4)20(17)27-21/h5-9,11,24H,10H2,1-4H3,(H,25,27)(H3,23,26,28). The molecular formula is C22H25N5O. The summed E-state index contributed by atoms with van der Waals surface area (Å²) in [5.74, 6) is 1.02. The lowest BCUT2D eigenvalue weighted by molar-refractivity contribution is 0.689. The second-order valence-corrected chi connectivity index (χ2v) is 7.76. The zero-order valence-corrected chi connectivity index (χ0v) is 16.6. The summed E-state index contributed by atoms with van der Waals surface area (Å²) in [4.78, 5) is 23.6. The smallest absolute Gasteiger partial charge is 0.261 e. The van der Waals surface area contributed by atoms with Crippen LogP contribution >= 0.6 is 0 Å². The predicted molar refractivity (Wildman–Crippen MR) is 117 cm³/mol. The number of aryl methyl sites for hydroxylation is 2. The summed E-state index contributed by atoms with van der Waals surface area (Å²) in [5, 5.41) is 4.20. The molecule has 2 aromatic heterocycles. The van der Waals surface area contributed by atoms with Crippen molar-refractivity contribution in [2.24, 2.45) is 5.92 Å². The maximum atomic E-state index is 12.8. The van der Waals surface area contributed by atoms with E-state index in [2.05, 4.69) is 41.0 Å². The van der Waals surface area contributed by atoms with Gasteiger partial charge in [-0.05, 0) is 55.2 Å². The first kappa shape index (κ1) is 18.1. The Balaban J connectivity index is 1.89. The fourth-order valence-corrected chi connectivity index (χ4v) is 3.42. The summed E-state index contributed by atoms with van der Waals surface area (Å²) in [6.07, 6.45) is 0. The molecule has 0 amide bonds. The van der Waals surface area contributed by atoms with Crippen LogP contribution in [0.25, 0.3) is 33.3 Å². The van der Waals surface area contributed by atoms with Crippen LogP contribution in [0.2, 0.25) is 0 Å². The van der Waals surface area contributed by atoms with Crippen molar-refractivity contribution in [3.8, 4) is 11.4 Å². The Labute approximate surface area is 163 Å². The molecule has 0 aliphatic carbocycles. The molecule has 5 N–H and O–H groups in total. The highest BCUT2D eigenvalue weighted by Gasteiger charge is 2.17. The molecule has 144 valence electrons. The third-order valence-electron chi connectivity index (χ3n) is 5.20. The van der Waals surface area contributed by atoms with Gasteiger partial charge in [0, 0.05) is 17.6 Å². The molecule has 0 aliphatic heterocycles. The van der Waals surface area contributed by atoms with Gasteiger partial charge in [-0.3, -0.25) is 4.79 Å². The molecule has 0 saturated heterocycles. The van der Waals surface area contributed by atoms with Crippen LogP contribution in [0.15, 0.2) is 35.1 Å². The molecular weight excluding hydrogens is 350 g/mol. The number of nitrogens with zero attached hydrogens (tertiary/aromatic N) is 1. The van der Waals surface area contributed by atoms with Gasteiger partial charge < -0.3 is 21.0 Å². The van der Waals surface area contributed by atoms with Crippen LogP contribution in [0.1, 0.15) is 25.0 Å². The van der Waals surface area contributed by atoms with Gasteiger partial charge in [0.25, 0.3) is 5.56 Å². The summed E-state index contributed by atoms with van der Waals surface area (Å²) >= 11 is 0. The fraction of sp³-hybridized carbons (Fsp3) is 0.273. The van der Waals surface area contributed by atoms with Crippen molar-refractivity contribution >= 4 is 33.3 Å². The number of benzene rings is 2. The van der Waals surface area contributed by atoms with Crippen LogP contribution in [-0.2, 0) is 0 Å². The lowest BCUT2D eigenvalue weighted by Crippen LogP contribution is -2.13. The summed E-state index contributed by atoms with van der Waals surface area (Å²) in [6.45, 7) is 9.27. The number of nitrogens with one attached hydrogen (secondary N) is 3. The number of hydrogen-bond acceptors (Lipinski definition) is 4. The molecule has 2 aromatic carbocycles. The van der Waals surface area contributed by atoms with Crippen molar-refractivity contribution in [1.82, 2.24) is 15.0 Å². The SMILES string of the molecule is Cc1ccc2nc(-c3c(N)c4cc(NCC(C)C)ccc4[nH]c3=O)[nH]c2c1C. The summed E-state index contributed by atoms with van der Waals surface area (Å²) in [6, 6.07) is 9.79. The molecule has 0 radical (unpaired) electrons. The number of imidazole rings is 1. The van der Waals surface area contributed by atoms with E-state index in [4.69, 9.17) is 5.73 Å². The Morgan fingerprint density at radius 1 is 1.14 bits per heavy atom.